The highest BCUT2D eigenvalue weighted by molar-refractivity contribution is 5.22. The Kier molecular flexibility index (Phi) is 3.82. The van der Waals surface area contributed by atoms with Crippen molar-refractivity contribution in [3.63, 3.8) is 0 Å². The molecule has 0 radical (unpaired) electrons. The van der Waals surface area contributed by atoms with Crippen LogP contribution in [-0.4, -0.2) is 13.2 Å². The molecule has 2 heteroatoms. The van der Waals surface area contributed by atoms with Crippen LogP contribution in [0.4, 0.5) is 4.39 Å². The van der Waals surface area contributed by atoms with Crippen molar-refractivity contribution in [3.05, 3.63) is 35.6 Å². The fourth-order valence-electron chi connectivity index (χ4n) is 3.04. The van der Waals surface area contributed by atoms with E-state index >= 15 is 0 Å². The Balaban J connectivity index is 2.15. The fourth-order valence-corrected chi connectivity index (χ4v) is 3.04. The quantitative estimate of drug-likeness (QED) is 0.771. The first-order chi connectivity index (χ1) is 8.11. The van der Waals surface area contributed by atoms with Gasteiger partial charge in [-0.25, -0.2) is 4.39 Å². The number of rotatable bonds is 3. The van der Waals surface area contributed by atoms with Gasteiger partial charge in [0.1, 0.15) is 5.82 Å². The molecule has 0 aliphatic heterocycles. The minimum Gasteiger partial charge on any atom is -0.381 e. The van der Waals surface area contributed by atoms with Crippen LogP contribution >= 0.6 is 0 Å². The van der Waals surface area contributed by atoms with Crippen molar-refractivity contribution >= 4 is 0 Å². The van der Waals surface area contributed by atoms with Crippen molar-refractivity contribution in [3.8, 4) is 0 Å². The minimum atomic E-state index is -0.135. The Morgan fingerprint density at radius 3 is 2.59 bits per heavy atom. The van der Waals surface area contributed by atoms with Gasteiger partial charge in [-0.2, -0.15) is 0 Å². The zero-order chi connectivity index (χ0) is 12.4. The molecule has 1 saturated carbocycles. The van der Waals surface area contributed by atoms with Crippen molar-refractivity contribution < 1.29 is 9.13 Å². The predicted octanol–water partition coefficient (Wildman–Crippen LogP) is 3.99. The zero-order valence-electron chi connectivity index (χ0n) is 10.8. The summed E-state index contributed by atoms with van der Waals surface area (Å²) in [5, 5.41) is 0. The monoisotopic (exact) mass is 236 g/mol. The Hall–Kier alpha value is -0.890. The number of ether oxygens (including phenoxy) is 1. The normalized spacial score (nSPS) is 28.9. The molecule has 1 aliphatic carbocycles. The molecule has 17 heavy (non-hydrogen) atoms. The van der Waals surface area contributed by atoms with E-state index in [0.29, 0.717) is 23.9 Å². The molecule has 1 nitrogen and oxygen atoms in total. The average molecular weight is 236 g/mol. The van der Waals surface area contributed by atoms with E-state index < -0.39 is 0 Å². The van der Waals surface area contributed by atoms with Gasteiger partial charge in [0.05, 0.1) is 6.10 Å². The summed E-state index contributed by atoms with van der Waals surface area (Å²) in [5.74, 6) is 1.53. The number of hydrogen-bond acceptors (Lipinski definition) is 1. The highest BCUT2D eigenvalue weighted by Gasteiger charge is 2.36. The van der Waals surface area contributed by atoms with Crippen LogP contribution in [0.15, 0.2) is 24.3 Å². The molecule has 0 saturated heterocycles. The van der Waals surface area contributed by atoms with Gasteiger partial charge in [0, 0.05) is 7.11 Å². The summed E-state index contributed by atoms with van der Waals surface area (Å²) >= 11 is 0. The summed E-state index contributed by atoms with van der Waals surface area (Å²) < 4.78 is 18.8. The van der Waals surface area contributed by atoms with Gasteiger partial charge in [0.2, 0.25) is 0 Å². The molecule has 0 spiro atoms. The largest absolute Gasteiger partial charge is 0.381 e. The van der Waals surface area contributed by atoms with Gasteiger partial charge in [-0.3, -0.25) is 0 Å². The van der Waals surface area contributed by atoms with Crippen LogP contribution in [0.25, 0.3) is 0 Å². The Morgan fingerprint density at radius 1 is 1.29 bits per heavy atom. The molecule has 1 aromatic carbocycles. The van der Waals surface area contributed by atoms with E-state index in [0.717, 1.165) is 18.4 Å². The molecule has 0 N–H and O–H groups in total. The fraction of sp³-hybridized carbons (Fsp3) is 0.600. The number of benzene rings is 1. The van der Waals surface area contributed by atoms with Crippen LogP contribution in [0.3, 0.4) is 0 Å². The van der Waals surface area contributed by atoms with Crippen LogP contribution < -0.4 is 0 Å². The third-order valence-corrected chi connectivity index (χ3v) is 4.03. The summed E-state index contributed by atoms with van der Waals surface area (Å²) in [4.78, 5) is 0. The minimum absolute atomic E-state index is 0.135. The van der Waals surface area contributed by atoms with Crippen LogP contribution in [0.5, 0.6) is 0 Å². The van der Waals surface area contributed by atoms with Crippen molar-refractivity contribution in [2.45, 2.75) is 38.7 Å². The van der Waals surface area contributed by atoms with Crippen molar-refractivity contribution in [1.82, 2.24) is 0 Å². The number of hydrogen-bond donors (Lipinski definition) is 0. The zero-order valence-corrected chi connectivity index (χ0v) is 10.8. The van der Waals surface area contributed by atoms with E-state index in [-0.39, 0.29) is 5.82 Å². The van der Waals surface area contributed by atoms with Gasteiger partial charge in [0.15, 0.2) is 0 Å². The maximum Gasteiger partial charge on any atom is 0.123 e. The number of halogens is 1. The Bertz CT molecular complexity index is 375. The summed E-state index contributed by atoms with van der Waals surface area (Å²) in [6.07, 6.45) is 2.45. The standard InChI is InChI=1S/C15H21FO/c1-10(2)14-8-12(9-15(14)17-3)11-5-4-6-13(16)7-11/h4-7,10,12,14-15H,8-9H2,1-3H3/t12-,14-,15-/m0/s1. The topological polar surface area (TPSA) is 9.23 Å². The second-order valence-corrected chi connectivity index (χ2v) is 5.41. The average Bonchev–Trinajstić information content (AvgIpc) is 2.73. The molecule has 3 atom stereocenters. The molecule has 0 unspecified atom stereocenters. The van der Waals surface area contributed by atoms with Crippen LogP contribution in [0.2, 0.25) is 0 Å². The van der Waals surface area contributed by atoms with Gasteiger partial charge >= 0.3 is 0 Å². The maximum atomic E-state index is 13.2. The predicted molar refractivity (Wildman–Crippen MR) is 67.5 cm³/mol. The molecule has 94 valence electrons. The lowest BCUT2D eigenvalue weighted by molar-refractivity contribution is 0.0538. The maximum absolute atomic E-state index is 13.2. The van der Waals surface area contributed by atoms with E-state index in [2.05, 4.69) is 13.8 Å². The second-order valence-electron chi connectivity index (χ2n) is 5.41. The lowest BCUT2D eigenvalue weighted by Gasteiger charge is -2.21. The van der Waals surface area contributed by atoms with Crippen molar-refractivity contribution in [2.24, 2.45) is 11.8 Å². The summed E-state index contributed by atoms with van der Waals surface area (Å²) in [6, 6.07) is 7.00. The Morgan fingerprint density at radius 2 is 2.06 bits per heavy atom. The molecule has 0 amide bonds. The highest BCUT2D eigenvalue weighted by Crippen LogP contribution is 2.43. The first-order valence-corrected chi connectivity index (χ1v) is 6.40. The van der Waals surface area contributed by atoms with Gasteiger partial charge in [0.25, 0.3) is 0 Å². The van der Waals surface area contributed by atoms with Crippen molar-refractivity contribution in [1.29, 1.82) is 0 Å². The van der Waals surface area contributed by atoms with Crippen LogP contribution in [0, 0.1) is 17.7 Å². The third kappa shape index (κ3) is 2.68. The van der Waals surface area contributed by atoms with Crippen LogP contribution in [-0.2, 0) is 4.74 Å². The second kappa shape index (κ2) is 5.18. The third-order valence-electron chi connectivity index (χ3n) is 4.03. The van der Waals surface area contributed by atoms with E-state index in [1.54, 1.807) is 19.2 Å². The first-order valence-electron chi connectivity index (χ1n) is 6.40. The summed E-state index contributed by atoms with van der Waals surface area (Å²) in [5.41, 5.74) is 1.12. The smallest absolute Gasteiger partial charge is 0.123 e. The molecule has 0 heterocycles. The molecule has 0 bridgehead atoms. The van der Waals surface area contributed by atoms with E-state index in [4.69, 9.17) is 4.74 Å². The molecule has 0 aromatic heterocycles. The van der Waals surface area contributed by atoms with E-state index in [1.165, 1.54) is 6.07 Å². The first kappa shape index (κ1) is 12.6. The van der Waals surface area contributed by atoms with E-state index in [1.807, 2.05) is 6.07 Å². The molecule has 1 aromatic rings. The summed E-state index contributed by atoms with van der Waals surface area (Å²) in [6.45, 7) is 4.48. The summed E-state index contributed by atoms with van der Waals surface area (Å²) in [7, 11) is 1.79. The lowest BCUT2D eigenvalue weighted by Crippen LogP contribution is -2.20. The molecular formula is C15H21FO. The number of methoxy groups -OCH3 is 1. The lowest BCUT2D eigenvalue weighted by atomic mass is 9.90. The SMILES string of the molecule is CO[C@H]1C[C@@H](c2cccc(F)c2)C[C@H]1C(C)C. The van der Waals surface area contributed by atoms with Crippen molar-refractivity contribution in [2.75, 3.05) is 7.11 Å². The molecule has 2 rings (SSSR count). The highest BCUT2D eigenvalue weighted by atomic mass is 19.1. The Labute approximate surface area is 103 Å². The van der Waals surface area contributed by atoms with Crippen LogP contribution in [0.1, 0.15) is 38.2 Å². The van der Waals surface area contributed by atoms with Gasteiger partial charge in [-0.15, -0.1) is 0 Å². The van der Waals surface area contributed by atoms with Gasteiger partial charge < -0.3 is 4.74 Å². The van der Waals surface area contributed by atoms with Gasteiger partial charge in [-0.1, -0.05) is 26.0 Å². The van der Waals surface area contributed by atoms with E-state index in [9.17, 15) is 4.39 Å². The molecular weight excluding hydrogens is 215 g/mol. The molecule has 1 fully saturated rings. The van der Waals surface area contributed by atoms with Gasteiger partial charge in [-0.05, 0) is 48.3 Å². The molecule has 1 aliphatic rings.